The molecule has 0 aromatic heterocycles. The zero-order valence-corrected chi connectivity index (χ0v) is 11.8. The third kappa shape index (κ3) is 4.91. The fourth-order valence-corrected chi connectivity index (χ4v) is 3.47. The van der Waals surface area contributed by atoms with Crippen molar-refractivity contribution in [2.75, 3.05) is 39.5 Å². The van der Waals surface area contributed by atoms with Gasteiger partial charge in [-0.15, -0.1) is 0 Å². The third-order valence-corrected chi connectivity index (χ3v) is 5.18. The van der Waals surface area contributed by atoms with Gasteiger partial charge in [-0.05, 0) is 32.4 Å². The van der Waals surface area contributed by atoms with Gasteiger partial charge in [0, 0.05) is 26.6 Å². The Bertz CT molecular complexity index is 383. The number of hydrogen-bond donors (Lipinski definition) is 1. The summed E-state index contributed by atoms with van der Waals surface area (Å²) in [5.74, 6) is -0.655. The van der Waals surface area contributed by atoms with Gasteiger partial charge in [-0.3, -0.25) is 4.79 Å². The molecular formula is C11H22N2O4S. The molecule has 0 amide bonds. The normalized spacial score (nSPS) is 21.6. The molecule has 18 heavy (non-hydrogen) atoms. The van der Waals surface area contributed by atoms with Crippen LogP contribution in [0.15, 0.2) is 0 Å². The fourth-order valence-electron chi connectivity index (χ4n) is 2.21. The average Bonchev–Trinajstić information content (AvgIpc) is 2.63. The van der Waals surface area contributed by atoms with E-state index >= 15 is 0 Å². The summed E-state index contributed by atoms with van der Waals surface area (Å²) in [5.41, 5.74) is 0. The van der Waals surface area contributed by atoms with Crippen LogP contribution in [0.4, 0.5) is 0 Å². The maximum Gasteiger partial charge on any atom is 0.303 e. The molecule has 1 saturated heterocycles. The molecular weight excluding hydrogens is 256 g/mol. The number of hydrogen-bond acceptors (Lipinski definition) is 4. The molecule has 0 saturated carbocycles. The number of rotatable bonds is 7. The average molecular weight is 278 g/mol. The Morgan fingerprint density at radius 3 is 2.67 bits per heavy atom. The molecule has 0 radical (unpaired) electrons. The van der Waals surface area contributed by atoms with Crippen molar-refractivity contribution in [3.05, 3.63) is 0 Å². The van der Waals surface area contributed by atoms with Gasteiger partial charge in [0.2, 0.25) is 10.0 Å². The lowest BCUT2D eigenvalue weighted by Gasteiger charge is -2.20. The molecule has 0 aromatic rings. The van der Waals surface area contributed by atoms with E-state index in [2.05, 4.69) is 4.90 Å². The molecule has 1 aliphatic heterocycles. The maximum atomic E-state index is 11.9. The smallest absolute Gasteiger partial charge is 0.303 e. The molecule has 6 nitrogen and oxygen atoms in total. The Labute approximate surface area is 109 Å². The highest BCUT2D eigenvalue weighted by molar-refractivity contribution is 7.89. The van der Waals surface area contributed by atoms with Crippen LogP contribution >= 0.6 is 0 Å². The second-order valence-electron chi connectivity index (χ2n) is 5.01. The molecule has 1 fully saturated rings. The molecule has 1 N–H and O–H groups in total. The summed E-state index contributed by atoms with van der Waals surface area (Å²) in [7, 11) is 0.298. The summed E-state index contributed by atoms with van der Waals surface area (Å²) in [4.78, 5) is 12.5. The number of sulfonamides is 1. The highest BCUT2D eigenvalue weighted by Gasteiger charge is 2.25. The van der Waals surface area contributed by atoms with E-state index in [1.807, 2.05) is 7.05 Å². The van der Waals surface area contributed by atoms with Crippen molar-refractivity contribution < 1.29 is 18.3 Å². The summed E-state index contributed by atoms with van der Waals surface area (Å²) in [6, 6.07) is 0. The predicted octanol–water partition coefficient (Wildman–Crippen LogP) is 0.0645. The van der Waals surface area contributed by atoms with Crippen LogP contribution in [0, 0.1) is 5.92 Å². The Morgan fingerprint density at radius 2 is 2.17 bits per heavy atom. The first-order chi connectivity index (χ1) is 8.31. The van der Waals surface area contributed by atoms with Gasteiger partial charge < -0.3 is 10.0 Å². The van der Waals surface area contributed by atoms with E-state index in [9.17, 15) is 13.2 Å². The molecule has 0 aromatic carbocycles. The molecule has 1 rings (SSSR count). The highest BCUT2D eigenvalue weighted by Crippen LogP contribution is 2.16. The van der Waals surface area contributed by atoms with E-state index in [1.54, 1.807) is 7.05 Å². The summed E-state index contributed by atoms with van der Waals surface area (Å²) in [5, 5.41) is 8.49. The van der Waals surface area contributed by atoms with Crippen LogP contribution in [0.3, 0.4) is 0 Å². The van der Waals surface area contributed by atoms with E-state index < -0.39 is 16.0 Å². The Hall–Kier alpha value is -0.660. The van der Waals surface area contributed by atoms with E-state index in [-0.39, 0.29) is 18.6 Å². The van der Waals surface area contributed by atoms with Crippen LogP contribution in [-0.2, 0) is 14.8 Å². The first kappa shape index (κ1) is 15.4. The molecule has 1 unspecified atom stereocenters. The highest BCUT2D eigenvalue weighted by atomic mass is 32.2. The number of aliphatic carboxylic acids is 1. The number of nitrogens with zero attached hydrogens (tertiary/aromatic N) is 2. The van der Waals surface area contributed by atoms with Crippen molar-refractivity contribution >= 4 is 16.0 Å². The van der Waals surface area contributed by atoms with Gasteiger partial charge in [-0.2, -0.15) is 0 Å². The quantitative estimate of drug-likeness (QED) is 0.713. The number of carboxylic acid groups (broad SMARTS) is 1. The molecule has 0 bridgehead atoms. The lowest BCUT2D eigenvalue weighted by atomic mass is 10.1. The third-order valence-electron chi connectivity index (χ3n) is 3.27. The molecule has 1 aliphatic rings. The Balaban J connectivity index is 2.39. The van der Waals surface area contributed by atoms with Crippen molar-refractivity contribution in [2.45, 2.75) is 19.3 Å². The van der Waals surface area contributed by atoms with Crippen molar-refractivity contribution in [1.82, 2.24) is 9.21 Å². The van der Waals surface area contributed by atoms with Crippen LogP contribution in [0.1, 0.15) is 19.3 Å². The minimum Gasteiger partial charge on any atom is -0.481 e. The van der Waals surface area contributed by atoms with Crippen LogP contribution < -0.4 is 0 Å². The van der Waals surface area contributed by atoms with Crippen LogP contribution in [0.25, 0.3) is 0 Å². The first-order valence-electron chi connectivity index (χ1n) is 6.15. The van der Waals surface area contributed by atoms with Crippen molar-refractivity contribution in [2.24, 2.45) is 5.92 Å². The van der Waals surface area contributed by atoms with Crippen molar-refractivity contribution in [1.29, 1.82) is 0 Å². The van der Waals surface area contributed by atoms with E-state index in [0.717, 1.165) is 19.5 Å². The zero-order chi connectivity index (χ0) is 13.8. The zero-order valence-electron chi connectivity index (χ0n) is 11.0. The van der Waals surface area contributed by atoms with Gasteiger partial charge in [0.05, 0.1) is 5.75 Å². The maximum absolute atomic E-state index is 11.9. The predicted molar refractivity (Wildman–Crippen MR) is 68.9 cm³/mol. The lowest BCUT2D eigenvalue weighted by Crippen LogP contribution is -2.34. The summed E-state index contributed by atoms with van der Waals surface area (Å²) in [6.45, 7) is 2.46. The second kappa shape index (κ2) is 6.49. The lowest BCUT2D eigenvalue weighted by molar-refractivity contribution is -0.137. The molecule has 7 heteroatoms. The van der Waals surface area contributed by atoms with E-state index in [1.165, 1.54) is 4.31 Å². The standard InChI is InChI=1S/C11H22N2O4S/c1-12-6-5-10(8-12)9-13(2)18(16,17)7-3-4-11(14)15/h10H,3-9H2,1-2H3,(H,14,15). The SMILES string of the molecule is CN1CCC(CN(C)S(=O)(=O)CCCC(=O)O)C1. The summed E-state index contributed by atoms with van der Waals surface area (Å²) >= 11 is 0. The number of likely N-dealkylation sites (tertiary alicyclic amines) is 1. The summed E-state index contributed by atoms with van der Waals surface area (Å²) in [6.07, 6.45) is 1.09. The minimum absolute atomic E-state index is 0.0850. The number of carboxylic acids is 1. The van der Waals surface area contributed by atoms with Crippen LogP contribution in [0.5, 0.6) is 0 Å². The minimum atomic E-state index is -3.31. The second-order valence-corrected chi connectivity index (χ2v) is 7.21. The fraction of sp³-hybridized carbons (Fsp3) is 0.909. The Morgan fingerprint density at radius 1 is 1.50 bits per heavy atom. The molecule has 0 aliphatic carbocycles. The van der Waals surface area contributed by atoms with Gasteiger partial charge in [0.25, 0.3) is 0 Å². The van der Waals surface area contributed by atoms with Crippen LogP contribution in [0.2, 0.25) is 0 Å². The van der Waals surface area contributed by atoms with E-state index in [0.29, 0.717) is 12.5 Å². The molecule has 1 atom stereocenters. The van der Waals surface area contributed by atoms with Crippen molar-refractivity contribution in [3.63, 3.8) is 0 Å². The molecule has 1 heterocycles. The van der Waals surface area contributed by atoms with Gasteiger partial charge in [0.1, 0.15) is 0 Å². The van der Waals surface area contributed by atoms with Crippen molar-refractivity contribution in [3.8, 4) is 0 Å². The topological polar surface area (TPSA) is 77.9 Å². The van der Waals surface area contributed by atoms with Gasteiger partial charge >= 0.3 is 5.97 Å². The van der Waals surface area contributed by atoms with Crippen LogP contribution in [-0.4, -0.2) is 68.2 Å². The van der Waals surface area contributed by atoms with E-state index in [4.69, 9.17) is 5.11 Å². The molecule has 0 spiro atoms. The summed E-state index contributed by atoms with van der Waals surface area (Å²) < 4.78 is 25.2. The largest absolute Gasteiger partial charge is 0.481 e. The van der Waals surface area contributed by atoms with Gasteiger partial charge in [-0.25, -0.2) is 12.7 Å². The van der Waals surface area contributed by atoms with Gasteiger partial charge in [0.15, 0.2) is 0 Å². The molecule has 106 valence electrons. The monoisotopic (exact) mass is 278 g/mol. The Kier molecular flexibility index (Phi) is 5.55. The first-order valence-corrected chi connectivity index (χ1v) is 7.76. The number of carbonyl (C=O) groups is 1. The van der Waals surface area contributed by atoms with Gasteiger partial charge in [-0.1, -0.05) is 0 Å².